The molecule has 1 aromatic heterocycles. The van der Waals surface area contributed by atoms with E-state index in [9.17, 15) is 14.0 Å². The molecule has 0 saturated carbocycles. The summed E-state index contributed by atoms with van der Waals surface area (Å²) in [5, 5.41) is 3.29. The Labute approximate surface area is 144 Å². The Balaban J connectivity index is 1.76. The van der Waals surface area contributed by atoms with Crippen molar-refractivity contribution in [2.24, 2.45) is 0 Å². The molecule has 1 heterocycles. The number of nitrogens with one attached hydrogen (secondary N) is 1. The highest BCUT2D eigenvalue weighted by atomic mass is 19.1. The molecule has 0 fully saturated rings. The number of aromatic nitrogens is 2. The molecular formula is C19H18FN3O2. The van der Waals surface area contributed by atoms with E-state index in [-0.39, 0.29) is 29.9 Å². The highest BCUT2D eigenvalue weighted by Gasteiger charge is 2.12. The number of benzene rings is 2. The molecule has 3 aromatic rings. The fourth-order valence-corrected chi connectivity index (χ4v) is 2.66. The molecule has 1 N–H and O–H groups in total. The fourth-order valence-electron chi connectivity index (χ4n) is 2.66. The van der Waals surface area contributed by atoms with Gasteiger partial charge >= 0.3 is 0 Å². The number of amides is 1. The summed E-state index contributed by atoms with van der Waals surface area (Å²) in [5.74, 6) is -0.640. The van der Waals surface area contributed by atoms with Gasteiger partial charge in [-0.2, -0.15) is 0 Å². The van der Waals surface area contributed by atoms with Gasteiger partial charge in [-0.25, -0.2) is 9.37 Å². The van der Waals surface area contributed by atoms with Crippen LogP contribution >= 0.6 is 0 Å². The minimum Gasteiger partial charge on any atom is -0.348 e. The van der Waals surface area contributed by atoms with E-state index in [1.807, 2.05) is 13.0 Å². The largest absolute Gasteiger partial charge is 0.348 e. The predicted octanol–water partition coefficient (Wildman–Crippen LogP) is 2.72. The first kappa shape index (κ1) is 16.8. The van der Waals surface area contributed by atoms with Crippen molar-refractivity contribution < 1.29 is 9.18 Å². The van der Waals surface area contributed by atoms with Crippen LogP contribution in [0.5, 0.6) is 0 Å². The molecule has 1 atom stereocenters. The molecule has 5 nitrogen and oxygen atoms in total. The minimum absolute atomic E-state index is 0.124. The third-order valence-corrected chi connectivity index (χ3v) is 4.04. The van der Waals surface area contributed by atoms with Crippen LogP contribution in [0, 0.1) is 12.7 Å². The highest BCUT2D eigenvalue weighted by molar-refractivity contribution is 5.79. The Morgan fingerprint density at radius 1 is 1.24 bits per heavy atom. The van der Waals surface area contributed by atoms with E-state index in [4.69, 9.17) is 0 Å². The van der Waals surface area contributed by atoms with E-state index in [2.05, 4.69) is 10.3 Å². The molecule has 25 heavy (non-hydrogen) atoms. The fraction of sp³-hybridized carbons (Fsp3) is 0.211. The maximum Gasteiger partial charge on any atom is 0.261 e. The lowest BCUT2D eigenvalue weighted by Gasteiger charge is -2.15. The molecule has 0 aliphatic heterocycles. The molecule has 0 aliphatic carbocycles. The molecule has 0 spiro atoms. The predicted molar refractivity (Wildman–Crippen MR) is 93.7 cm³/mol. The second-order valence-electron chi connectivity index (χ2n) is 6.04. The quantitative estimate of drug-likeness (QED) is 0.795. The smallest absolute Gasteiger partial charge is 0.261 e. The summed E-state index contributed by atoms with van der Waals surface area (Å²) in [7, 11) is 0. The van der Waals surface area contributed by atoms with Crippen LogP contribution in [0.3, 0.4) is 0 Å². The first-order valence-electron chi connectivity index (χ1n) is 7.94. The van der Waals surface area contributed by atoms with Crippen molar-refractivity contribution in [3.8, 4) is 0 Å². The number of hydrogen-bond acceptors (Lipinski definition) is 3. The molecule has 1 unspecified atom stereocenters. The van der Waals surface area contributed by atoms with Gasteiger partial charge < -0.3 is 5.32 Å². The van der Waals surface area contributed by atoms with Crippen LogP contribution in [0.2, 0.25) is 0 Å². The molecule has 0 aliphatic rings. The molecular weight excluding hydrogens is 321 g/mol. The SMILES string of the molecule is Cc1ccc2ncn(CC(=O)NC(C)c3ccc(F)cc3)c(=O)c2c1. The molecule has 0 radical (unpaired) electrons. The zero-order valence-electron chi connectivity index (χ0n) is 14.0. The van der Waals surface area contributed by atoms with Crippen molar-refractivity contribution in [1.82, 2.24) is 14.9 Å². The number of aryl methyl sites for hydroxylation is 1. The number of carbonyl (C=O) groups is 1. The summed E-state index contributed by atoms with van der Waals surface area (Å²) < 4.78 is 14.3. The Morgan fingerprint density at radius 3 is 2.68 bits per heavy atom. The van der Waals surface area contributed by atoms with E-state index in [0.717, 1.165) is 11.1 Å². The first-order valence-corrected chi connectivity index (χ1v) is 7.94. The van der Waals surface area contributed by atoms with Gasteiger partial charge in [0.1, 0.15) is 12.4 Å². The van der Waals surface area contributed by atoms with Gasteiger partial charge in [0, 0.05) is 0 Å². The number of nitrogens with zero attached hydrogens (tertiary/aromatic N) is 2. The van der Waals surface area contributed by atoms with Gasteiger partial charge in [-0.05, 0) is 43.7 Å². The maximum atomic E-state index is 13.0. The highest BCUT2D eigenvalue weighted by Crippen LogP contribution is 2.13. The van der Waals surface area contributed by atoms with Crippen molar-refractivity contribution in [3.05, 3.63) is 76.1 Å². The van der Waals surface area contributed by atoms with Gasteiger partial charge in [0.2, 0.25) is 5.91 Å². The topological polar surface area (TPSA) is 64.0 Å². The Hall–Kier alpha value is -3.02. The lowest BCUT2D eigenvalue weighted by atomic mass is 10.1. The van der Waals surface area contributed by atoms with Crippen molar-refractivity contribution >= 4 is 16.8 Å². The van der Waals surface area contributed by atoms with Gasteiger partial charge in [-0.1, -0.05) is 23.8 Å². The molecule has 0 saturated heterocycles. The number of hydrogen-bond donors (Lipinski definition) is 1. The lowest BCUT2D eigenvalue weighted by Crippen LogP contribution is -2.34. The second kappa shape index (κ2) is 6.84. The van der Waals surface area contributed by atoms with Gasteiger partial charge in [-0.15, -0.1) is 0 Å². The number of fused-ring (bicyclic) bond motifs is 1. The van der Waals surface area contributed by atoms with Gasteiger partial charge in [0.05, 0.1) is 23.3 Å². The van der Waals surface area contributed by atoms with E-state index in [1.54, 1.807) is 31.2 Å². The zero-order valence-corrected chi connectivity index (χ0v) is 14.0. The second-order valence-corrected chi connectivity index (χ2v) is 6.04. The Morgan fingerprint density at radius 2 is 1.96 bits per heavy atom. The van der Waals surface area contributed by atoms with Gasteiger partial charge in [-0.3, -0.25) is 14.2 Å². The Bertz CT molecular complexity index is 980. The normalized spacial score (nSPS) is 12.1. The molecule has 0 bridgehead atoms. The minimum atomic E-state index is -0.327. The van der Waals surface area contributed by atoms with Crippen molar-refractivity contribution in [2.45, 2.75) is 26.4 Å². The van der Waals surface area contributed by atoms with Crippen LogP contribution in [-0.4, -0.2) is 15.5 Å². The van der Waals surface area contributed by atoms with E-state index >= 15 is 0 Å². The Kier molecular flexibility index (Phi) is 4.61. The van der Waals surface area contributed by atoms with Crippen LogP contribution in [0.25, 0.3) is 10.9 Å². The van der Waals surface area contributed by atoms with Crippen molar-refractivity contribution in [2.75, 3.05) is 0 Å². The third kappa shape index (κ3) is 3.74. The van der Waals surface area contributed by atoms with Gasteiger partial charge in [0.25, 0.3) is 5.56 Å². The molecule has 6 heteroatoms. The summed E-state index contributed by atoms with van der Waals surface area (Å²) in [6.07, 6.45) is 1.38. The third-order valence-electron chi connectivity index (χ3n) is 4.04. The summed E-state index contributed by atoms with van der Waals surface area (Å²) in [6.45, 7) is 3.57. The molecule has 1 amide bonds. The van der Waals surface area contributed by atoms with Crippen molar-refractivity contribution in [3.63, 3.8) is 0 Å². The van der Waals surface area contributed by atoms with Crippen LogP contribution in [0.1, 0.15) is 24.1 Å². The van der Waals surface area contributed by atoms with Crippen LogP contribution in [0.15, 0.2) is 53.6 Å². The monoisotopic (exact) mass is 339 g/mol. The van der Waals surface area contributed by atoms with Gasteiger partial charge in [0.15, 0.2) is 0 Å². The lowest BCUT2D eigenvalue weighted by molar-refractivity contribution is -0.122. The number of rotatable bonds is 4. The number of halogens is 1. The van der Waals surface area contributed by atoms with Crippen LogP contribution in [-0.2, 0) is 11.3 Å². The van der Waals surface area contributed by atoms with Crippen LogP contribution in [0.4, 0.5) is 4.39 Å². The maximum absolute atomic E-state index is 13.0. The summed E-state index contributed by atoms with van der Waals surface area (Å²) in [5.41, 5.74) is 2.10. The van der Waals surface area contributed by atoms with E-state index in [0.29, 0.717) is 10.9 Å². The first-order chi connectivity index (χ1) is 11.9. The standard InChI is InChI=1S/C19H18FN3O2/c1-12-3-8-17-16(9-12)19(25)23(11-21-17)10-18(24)22-13(2)14-4-6-15(20)7-5-14/h3-9,11,13H,10H2,1-2H3,(H,22,24). The zero-order chi connectivity index (χ0) is 18.0. The molecule has 128 valence electrons. The average Bonchev–Trinajstić information content (AvgIpc) is 2.58. The average molecular weight is 339 g/mol. The van der Waals surface area contributed by atoms with Crippen molar-refractivity contribution in [1.29, 1.82) is 0 Å². The summed E-state index contributed by atoms with van der Waals surface area (Å²) in [4.78, 5) is 29.0. The summed E-state index contributed by atoms with van der Waals surface area (Å²) >= 11 is 0. The number of carbonyl (C=O) groups excluding carboxylic acids is 1. The molecule has 2 aromatic carbocycles. The molecule has 3 rings (SSSR count). The van der Waals surface area contributed by atoms with E-state index < -0.39 is 0 Å². The van der Waals surface area contributed by atoms with Crippen LogP contribution < -0.4 is 10.9 Å². The van der Waals surface area contributed by atoms with E-state index in [1.165, 1.54) is 23.0 Å². The summed E-state index contributed by atoms with van der Waals surface area (Å²) in [6, 6.07) is 11.1.